The van der Waals surface area contributed by atoms with Gasteiger partial charge in [0.1, 0.15) is 0 Å². The van der Waals surface area contributed by atoms with Crippen molar-refractivity contribution in [2.24, 2.45) is 10.4 Å². The molecular formula is C19H34N4OS. The second-order valence-corrected chi connectivity index (χ2v) is 7.70. The summed E-state index contributed by atoms with van der Waals surface area (Å²) in [4.78, 5) is 9.80. The average Bonchev–Trinajstić information content (AvgIpc) is 3.19. The van der Waals surface area contributed by atoms with Crippen LogP contribution in [0.1, 0.15) is 40.0 Å². The minimum atomic E-state index is 0.119. The molecule has 0 unspecified atom stereocenters. The van der Waals surface area contributed by atoms with Crippen LogP contribution in [-0.2, 0) is 0 Å². The maximum atomic E-state index is 9.42. The molecule has 0 radical (unpaired) electrons. The van der Waals surface area contributed by atoms with Crippen molar-refractivity contribution in [3.05, 3.63) is 17.5 Å². The van der Waals surface area contributed by atoms with Gasteiger partial charge in [0.25, 0.3) is 0 Å². The highest BCUT2D eigenvalue weighted by molar-refractivity contribution is 7.14. The molecule has 1 saturated heterocycles. The summed E-state index contributed by atoms with van der Waals surface area (Å²) in [6, 6.07) is 4.32. The zero-order valence-corrected chi connectivity index (χ0v) is 16.8. The number of aliphatic imine (C=N–C) groups is 1. The number of nitrogens with one attached hydrogen (secondary N) is 1. The van der Waals surface area contributed by atoms with Gasteiger partial charge in [-0.2, -0.15) is 0 Å². The lowest BCUT2D eigenvalue weighted by atomic mass is 9.79. The van der Waals surface area contributed by atoms with Crippen LogP contribution in [0, 0.1) is 5.41 Å². The highest BCUT2D eigenvalue weighted by atomic mass is 32.1. The number of anilines is 1. The van der Waals surface area contributed by atoms with E-state index in [0.717, 1.165) is 64.5 Å². The molecule has 0 aromatic carbocycles. The third kappa shape index (κ3) is 5.35. The van der Waals surface area contributed by atoms with E-state index in [1.165, 1.54) is 5.00 Å². The van der Waals surface area contributed by atoms with E-state index in [2.05, 4.69) is 53.4 Å². The van der Waals surface area contributed by atoms with Crippen LogP contribution >= 0.6 is 11.3 Å². The number of hydrogen-bond donors (Lipinski definition) is 2. The van der Waals surface area contributed by atoms with Gasteiger partial charge in [-0.15, -0.1) is 11.3 Å². The fraction of sp³-hybridized carbons (Fsp3) is 0.737. The zero-order chi connectivity index (χ0) is 18.1. The van der Waals surface area contributed by atoms with Crippen LogP contribution < -0.4 is 10.2 Å². The van der Waals surface area contributed by atoms with Crippen LogP contribution in [0.3, 0.4) is 0 Å². The predicted octanol–water partition coefficient (Wildman–Crippen LogP) is 3.02. The van der Waals surface area contributed by atoms with E-state index < -0.39 is 0 Å². The Labute approximate surface area is 156 Å². The summed E-state index contributed by atoms with van der Waals surface area (Å²) in [6.45, 7) is 12.5. The van der Waals surface area contributed by atoms with E-state index in [0.29, 0.717) is 0 Å². The summed E-state index contributed by atoms with van der Waals surface area (Å²) in [5.74, 6) is 1.03. The summed E-state index contributed by atoms with van der Waals surface area (Å²) < 4.78 is 0. The Morgan fingerprint density at radius 3 is 2.48 bits per heavy atom. The summed E-state index contributed by atoms with van der Waals surface area (Å²) in [5, 5.41) is 16.4. The SMILES string of the molecule is CCNC(=NCC(CC)(CC)CCO)N1CCN(c2cccs2)CC1. The van der Waals surface area contributed by atoms with Crippen LogP contribution in [0.4, 0.5) is 5.00 Å². The molecule has 0 atom stereocenters. The normalized spacial score (nSPS) is 16.4. The van der Waals surface area contributed by atoms with E-state index in [-0.39, 0.29) is 12.0 Å². The first-order valence-electron chi connectivity index (χ1n) is 9.60. The molecule has 0 spiro atoms. The smallest absolute Gasteiger partial charge is 0.194 e. The number of aliphatic hydroxyl groups excluding tert-OH is 1. The molecule has 1 aromatic heterocycles. The van der Waals surface area contributed by atoms with Crippen molar-refractivity contribution in [1.29, 1.82) is 0 Å². The van der Waals surface area contributed by atoms with Crippen molar-refractivity contribution in [3.8, 4) is 0 Å². The van der Waals surface area contributed by atoms with Crippen LogP contribution in [0.25, 0.3) is 0 Å². The molecule has 2 N–H and O–H groups in total. The minimum Gasteiger partial charge on any atom is -0.396 e. The standard InChI is InChI=1S/C19H34N4OS/c1-4-19(5-2,9-14-24)16-21-18(20-6-3)23-12-10-22(11-13-23)17-8-7-15-25-17/h7-8,15,24H,4-6,9-14,16H2,1-3H3,(H,20,21). The van der Waals surface area contributed by atoms with E-state index in [9.17, 15) is 5.11 Å². The topological polar surface area (TPSA) is 51.1 Å². The Bertz CT molecular complexity index is 506. The van der Waals surface area contributed by atoms with Crippen molar-refractivity contribution >= 4 is 22.3 Å². The highest BCUT2D eigenvalue weighted by Gasteiger charge is 2.26. The second-order valence-electron chi connectivity index (χ2n) is 6.78. The van der Waals surface area contributed by atoms with Gasteiger partial charge in [-0.3, -0.25) is 4.99 Å². The van der Waals surface area contributed by atoms with Crippen molar-refractivity contribution in [1.82, 2.24) is 10.2 Å². The molecule has 0 bridgehead atoms. The van der Waals surface area contributed by atoms with Crippen molar-refractivity contribution in [3.63, 3.8) is 0 Å². The van der Waals surface area contributed by atoms with Gasteiger partial charge >= 0.3 is 0 Å². The Kier molecular flexibility index (Phi) is 8.03. The average molecular weight is 367 g/mol. The molecule has 25 heavy (non-hydrogen) atoms. The zero-order valence-electron chi connectivity index (χ0n) is 16.0. The first-order valence-corrected chi connectivity index (χ1v) is 10.5. The van der Waals surface area contributed by atoms with Gasteiger partial charge in [-0.25, -0.2) is 0 Å². The number of rotatable bonds is 8. The van der Waals surface area contributed by atoms with Gasteiger partial charge < -0.3 is 20.2 Å². The van der Waals surface area contributed by atoms with Crippen molar-refractivity contribution in [2.75, 3.05) is 50.8 Å². The van der Waals surface area contributed by atoms with E-state index in [1.807, 2.05) is 11.3 Å². The van der Waals surface area contributed by atoms with Crippen molar-refractivity contribution < 1.29 is 5.11 Å². The predicted molar refractivity (Wildman–Crippen MR) is 109 cm³/mol. The number of piperazine rings is 1. The number of thiophene rings is 1. The lowest BCUT2D eigenvalue weighted by Gasteiger charge is -2.37. The van der Waals surface area contributed by atoms with Gasteiger partial charge in [0, 0.05) is 45.9 Å². The molecule has 142 valence electrons. The fourth-order valence-corrected chi connectivity index (χ4v) is 4.19. The molecule has 0 saturated carbocycles. The van der Waals surface area contributed by atoms with Gasteiger partial charge in [0.15, 0.2) is 5.96 Å². The Balaban J connectivity index is 2.00. The maximum absolute atomic E-state index is 9.42. The molecule has 1 aliphatic heterocycles. The second kappa shape index (κ2) is 10.0. The lowest BCUT2D eigenvalue weighted by molar-refractivity contribution is 0.175. The Morgan fingerprint density at radius 2 is 1.96 bits per heavy atom. The molecule has 0 amide bonds. The lowest BCUT2D eigenvalue weighted by Crippen LogP contribution is -2.52. The highest BCUT2D eigenvalue weighted by Crippen LogP contribution is 2.30. The minimum absolute atomic E-state index is 0.119. The molecule has 5 nitrogen and oxygen atoms in total. The van der Waals surface area contributed by atoms with Crippen LogP contribution in [-0.4, -0.2) is 61.8 Å². The van der Waals surface area contributed by atoms with Gasteiger partial charge in [-0.1, -0.05) is 13.8 Å². The first-order chi connectivity index (χ1) is 12.2. The van der Waals surface area contributed by atoms with Crippen LogP contribution in [0.15, 0.2) is 22.5 Å². The number of guanidine groups is 1. The number of nitrogens with zero attached hydrogens (tertiary/aromatic N) is 3. The van der Waals surface area contributed by atoms with Crippen LogP contribution in [0.2, 0.25) is 0 Å². The largest absolute Gasteiger partial charge is 0.396 e. The Morgan fingerprint density at radius 1 is 1.24 bits per heavy atom. The molecule has 0 aliphatic carbocycles. The number of aliphatic hydroxyl groups is 1. The van der Waals surface area contributed by atoms with E-state index in [1.54, 1.807) is 0 Å². The summed E-state index contributed by atoms with van der Waals surface area (Å²) in [6.07, 6.45) is 2.94. The molecule has 1 aromatic rings. The summed E-state index contributed by atoms with van der Waals surface area (Å²) >= 11 is 1.81. The first kappa shape index (κ1) is 20.0. The molecule has 2 rings (SSSR count). The summed E-state index contributed by atoms with van der Waals surface area (Å²) in [7, 11) is 0. The van der Waals surface area contributed by atoms with Gasteiger partial charge in [0.05, 0.1) is 5.00 Å². The van der Waals surface area contributed by atoms with Gasteiger partial charge in [0.2, 0.25) is 0 Å². The fourth-order valence-electron chi connectivity index (χ4n) is 3.40. The third-order valence-corrected chi connectivity index (χ3v) is 6.37. The van der Waals surface area contributed by atoms with Crippen molar-refractivity contribution in [2.45, 2.75) is 40.0 Å². The van der Waals surface area contributed by atoms with E-state index >= 15 is 0 Å². The van der Waals surface area contributed by atoms with Crippen LogP contribution in [0.5, 0.6) is 0 Å². The molecular weight excluding hydrogens is 332 g/mol. The third-order valence-electron chi connectivity index (χ3n) is 5.44. The quantitative estimate of drug-likeness (QED) is 0.548. The monoisotopic (exact) mass is 366 g/mol. The molecule has 6 heteroatoms. The molecule has 2 heterocycles. The number of hydrogen-bond acceptors (Lipinski definition) is 4. The van der Waals surface area contributed by atoms with Gasteiger partial charge in [-0.05, 0) is 49.1 Å². The maximum Gasteiger partial charge on any atom is 0.194 e. The summed E-state index contributed by atoms with van der Waals surface area (Å²) in [5.41, 5.74) is 0.119. The molecule has 1 aliphatic rings. The molecule has 1 fully saturated rings. The Hall–Kier alpha value is -1.27. The van der Waals surface area contributed by atoms with E-state index in [4.69, 9.17) is 4.99 Å².